The zero-order chi connectivity index (χ0) is 12.7. The van der Waals surface area contributed by atoms with E-state index in [1.54, 1.807) is 31.2 Å². The summed E-state index contributed by atoms with van der Waals surface area (Å²) in [5.41, 5.74) is 0.462. The molecule has 0 spiro atoms. The number of hydrogen-bond donors (Lipinski definition) is 0. The number of carbonyl (C=O) groups excluding carboxylic acids is 1. The second-order valence-electron chi connectivity index (χ2n) is 4.03. The SMILES string of the molecule is CC(C)OCC(C)OOC(=O)c1ccccc1. The summed E-state index contributed by atoms with van der Waals surface area (Å²) in [5, 5.41) is 0. The van der Waals surface area contributed by atoms with Crippen molar-refractivity contribution < 1.29 is 19.3 Å². The quantitative estimate of drug-likeness (QED) is 0.564. The Morgan fingerprint density at radius 2 is 1.82 bits per heavy atom. The Kier molecular flexibility index (Phi) is 5.66. The van der Waals surface area contributed by atoms with Crippen molar-refractivity contribution in [3.05, 3.63) is 35.9 Å². The van der Waals surface area contributed by atoms with Crippen LogP contribution in [0.25, 0.3) is 0 Å². The average Bonchev–Trinajstić information content (AvgIpc) is 2.34. The Bertz CT molecular complexity index is 335. The van der Waals surface area contributed by atoms with E-state index in [-0.39, 0.29) is 12.2 Å². The van der Waals surface area contributed by atoms with Gasteiger partial charge < -0.3 is 4.74 Å². The van der Waals surface area contributed by atoms with Crippen LogP contribution in [0.3, 0.4) is 0 Å². The first-order valence-corrected chi connectivity index (χ1v) is 5.64. The van der Waals surface area contributed by atoms with Crippen LogP contribution in [-0.4, -0.2) is 24.8 Å². The molecular weight excluding hydrogens is 220 g/mol. The van der Waals surface area contributed by atoms with Crippen molar-refractivity contribution in [1.29, 1.82) is 0 Å². The summed E-state index contributed by atoms with van der Waals surface area (Å²) in [4.78, 5) is 21.1. The smallest absolute Gasteiger partial charge is 0.373 e. The van der Waals surface area contributed by atoms with Gasteiger partial charge >= 0.3 is 5.97 Å². The van der Waals surface area contributed by atoms with Crippen LogP contribution in [0.15, 0.2) is 30.3 Å². The Morgan fingerprint density at radius 1 is 1.18 bits per heavy atom. The molecule has 0 aliphatic carbocycles. The molecule has 1 unspecified atom stereocenters. The minimum Gasteiger partial charge on any atom is -0.376 e. The molecule has 4 nitrogen and oxygen atoms in total. The van der Waals surface area contributed by atoms with Gasteiger partial charge in [0.1, 0.15) is 6.10 Å². The molecule has 0 amide bonds. The molecule has 1 aromatic rings. The van der Waals surface area contributed by atoms with E-state index in [1.165, 1.54) is 0 Å². The Labute approximate surface area is 101 Å². The van der Waals surface area contributed by atoms with Gasteiger partial charge in [0.25, 0.3) is 0 Å². The van der Waals surface area contributed by atoms with Gasteiger partial charge in [0.15, 0.2) is 0 Å². The molecule has 1 aromatic carbocycles. The van der Waals surface area contributed by atoms with Gasteiger partial charge in [0, 0.05) is 0 Å². The maximum Gasteiger partial charge on any atom is 0.373 e. The average molecular weight is 238 g/mol. The van der Waals surface area contributed by atoms with Crippen molar-refractivity contribution in [1.82, 2.24) is 0 Å². The molecule has 17 heavy (non-hydrogen) atoms. The summed E-state index contributed by atoms with van der Waals surface area (Å²) in [6, 6.07) is 8.70. The summed E-state index contributed by atoms with van der Waals surface area (Å²) in [6.07, 6.45) is -0.157. The minimum atomic E-state index is -0.498. The van der Waals surface area contributed by atoms with Crippen molar-refractivity contribution in [3.8, 4) is 0 Å². The van der Waals surface area contributed by atoms with Gasteiger partial charge in [0.05, 0.1) is 18.3 Å². The largest absolute Gasteiger partial charge is 0.376 e. The molecule has 0 aromatic heterocycles. The van der Waals surface area contributed by atoms with Crippen LogP contribution in [0.1, 0.15) is 31.1 Å². The van der Waals surface area contributed by atoms with Gasteiger partial charge in [-0.3, -0.25) is 4.89 Å². The molecule has 0 fully saturated rings. The van der Waals surface area contributed by atoms with Gasteiger partial charge in [-0.1, -0.05) is 18.2 Å². The highest BCUT2D eigenvalue weighted by Gasteiger charge is 2.11. The number of benzene rings is 1. The molecular formula is C13H18O4. The molecule has 0 aliphatic rings. The summed E-state index contributed by atoms with van der Waals surface area (Å²) in [5.74, 6) is -0.498. The lowest BCUT2D eigenvalue weighted by Gasteiger charge is -2.13. The highest BCUT2D eigenvalue weighted by Crippen LogP contribution is 2.03. The van der Waals surface area contributed by atoms with Crippen LogP contribution in [0.5, 0.6) is 0 Å². The molecule has 1 rings (SSSR count). The number of carbonyl (C=O) groups is 1. The lowest BCUT2D eigenvalue weighted by Crippen LogP contribution is -2.20. The van der Waals surface area contributed by atoms with Gasteiger partial charge in [-0.05, 0) is 32.9 Å². The van der Waals surface area contributed by atoms with Gasteiger partial charge in [-0.2, -0.15) is 4.89 Å². The lowest BCUT2D eigenvalue weighted by molar-refractivity contribution is -0.279. The van der Waals surface area contributed by atoms with Crippen molar-refractivity contribution in [2.75, 3.05) is 6.61 Å². The van der Waals surface area contributed by atoms with Gasteiger partial charge in [-0.25, -0.2) is 4.79 Å². The topological polar surface area (TPSA) is 44.8 Å². The normalized spacial score (nSPS) is 12.5. The second kappa shape index (κ2) is 7.04. The van der Waals surface area contributed by atoms with E-state index in [0.29, 0.717) is 12.2 Å². The van der Waals surface area contributed by atoms with E-state index in [1.807, 2.05) is 19.9 Å². The maximum absolute atomic E-state index is 11.5. The van der Waals surface area contributed by atoms with Crippen molar-refractivity contribution in [2.24, 2.45) is 0 Å². The van der Waals surface area contributed by atoms with E-state index in [4.69, 9.17) is 14.5 Å². The third-order valence-electron chi connectivity index (χ3n) is 1.96. The second-order valence-corrected chi connectivity index (χ2v) is 4.03. The van der Waals surface area contributed by atoms with Crippen LogP contribution in [-0.2, 0) is 14.5 Å². The number of ether oxygens (including phenoxy) is 1. The summed E-state index contributed by atoms with van der Waals surface area (Å²) < 4.78 is 5.33. The maximum atomic E-state index is 11.5. The molecule has 94 valence electrons. The number of rotatable bonds is 6. The zero-order valence-electron chi connectivity index (χ0n) is 10.4. The fraction of sp³-hybridized carbons (Fsp3) is 0.462. The van der Waals surface area contributed by atoms with E-state index >= 15 is 0 Å². The third kappa shape index (κ3) is 5.47. The first kappa shape index (κ1) is 13.7. The predicted octanol–water partition coefficient (Wildman–Crippen LogP) is 2.59. The van der Waals surface area contributed by atoms with Crippen molar-refractivity contribution in [3.63, 3.8) is 0 Å². The van der Waals surface area contributed by atoms with E-state index in [9.17, 15) is 4.79 Å². The fourth-order valence-corrected chi connectivity index (χ4v) is 1.10. The first-order valence-electron chi connectivity index (χ1n) is 5.64. The van der Waals surface area contributed by atoms with Crippen LogP contribution >= 0.6 is 0 Å². The lowest BCUT2D eigenvalue weighted by atomic mass is 10.2. The Balaban J connectivity index is 2.29. The Hall–Kier alpha value is -1.39. The van der Waals surface area contributed by atoms with Crippen molar-refractivity contribution in [2.45, 2.75) is 33.0 Å². The van der Waals surface area contributed by atoms with Crippen molar-refractivity contribution >= 4 is 5.97 Å². The highest BCUT2D eigenvalue weighted by atomic mass is 17.2. The first-order chi connectivity index (χ1) is 8.09. The van der Waals surface area contributed by atoms with Gasteiger partial charge in [-0.15, -0.1) is 0 Å². The number of hydrogen-bond acceptors (Lipinski definition) is 4. The van der Waals surface area contributed by atoms with E-state index in [0.717, 1.165) is 0 Å². The molecule has 0 radical (unpaired) electrons. The standard InChI is InChI=1S/C13H18O4/c1-10(2)15-9-11(3)16-17-13(14)12-7-5-4-6-8-12/h4-8,10-11H,9H2,1-3H3. The fourth-order valence-electron chi connectivity index (χ4n) is 1.10. The molecule has 0 saturated carbocycles. The minimum absolute atomic E-state index is 0.130. The summed E-state index contributed by atoms with van der Waals surface area (Å²) in [6.45, 7) is 6.03. The molecule has 0 aliphatic heterocycles. The Morgan fingerprint density at radius 3 is 2.41 bits per heavy atom. The van der Waals surface area contributed by atoms with E-state index in [2.05, 4.69) is 0 Å². The zero-order valence-corrected chi connectivity index (χ0v) is 10.4. The molecule has 0 N–H and O–H groups in total. The van der Waals surface area contributed by atoms with Crippen LogP contribution in [0.2, 0.25) is 0 Å². The summed E-state index contributed by atoms with van der Waals surface area (Å²) >= 11 is 0. The van der Waals surface area contributed by atoms with Crippen LogP contribution < -0.4 is 0 Å². The molecule has 0 saturated heterocycles. The molecule has 0 heterocycles. The third-order valence-corrected chi connectivity index (χ3v) is 1.96. The highest BCUT2D eigenvalue weighted by molar-refractivity contribution is 5.88. The monoisotopic (exact) mass is 238 g/mol. The van der Waals surface area contributed by atoms with Crippen LogP contribution in [0.4, 0.5) is 0 Å². The van der Waals surface area contributed by atoms with Crippen LogP contribution in [0, 0.1) is 0 Å². The van der Waals surface area contributed by atoms with Gasteiger partial charge in [0.2, 0.25) is 0 Å². The molecule has 0 bridgehead atoms. The summed E-state index contributed by atoms with van der Waals surface area (Å²) in [7, 11) is 0. The molecule has 4 heteroatoms. The predicted molar refractivity (Wildman–Crippen MR) is 63.5 cm³/mol. The van der Waals surface area contributed by atoms with E-state index < -0.39 is 5.97 Å². The molecule has 1 atom stereocenters.